The molecule has 0 saturated carbocycles. The first-order valence-electron chi connectivity index (χ1n) is 5.16. The highest BCUT2D eigenvalue weighted by Crippen LogP contribution is 2.04. The number of rotatable bonds is 10. The maximum absolute atomic E-state index is 10.2. The molecule has 1 atom stereocenters. The molecule has 0 heterocycles. The van der Waals surface area contributed by atoms with Gasteiger partial charge in [-0.05, 0) is 12.8 Å². The fraction of sp³-hybridized carbons (Fsp3) is 0.900. The third-order valence-corrected chi connectivity index (χ3v) is 1.91. The summed E-state index contributed by atoms with van der Waals surface area (Å²) in [6, 6.07) is 0. The maximum Gasteiger partial charge on any atom is 0.505 e. The van der Waals surface area contributed by atoms with Crippen molar-refractivity contribution in [3.8, 4) is 0 Å². The highest BCUT2D eigenvalue weighted by molar-refractivity contribution is 5.56. The Hall–Kier alpha value is -0.850. The second kappa shape index (κ2) is 10.7. The van der Waals surface area contributed by atoms with Crippen LogP contribution >= 0.6 is 0 Å². The van der Waals surface area contributed by atoms with E-state index in [-0.39, 0.29) is 12.7 Å². The lowest BCUT2D eigenvalue weighted by Crippen LogP contribution is -2.23. The molecule has 0 aromatic carbocycles. The van der Waals surface area contributed by atoms with E-state index in [1.54, 1.807) is 14.2 Å². The van der Waals surface area contributed by atoms with Gasteiger partial charge in [0.1, 0.15) is 6.61 Å². The zero-order valence-corrected chi connectivity index (χ0v) is 9.81. The predicted molar refractivity (Wildman–Crippen MR) is 56.7 cm³/mol. The van der Waals surface area contributed by atoms with Gasteiger partial charge in [-0.3, -0.25) is 0 Å². The van der Waals surface area contributed by atoms with Crippen molar-refractivity contribution >= 4 is 6.16 Å². The van der Waals surface area contributed by atoms with Gasteiger partial charge in [0.25, 0.3) is 0 Å². The highest BCUT2D eigenvalue weighted by atomic mass is 16.7. The van der Waals surface area contributed by atoms with E-state index in [9.17, 15) is 4.79 Å². The van der Waals surface area contributed by atoms with Gasteiger partial charge in [0.2, 0.25) is 0 Å². The molecule has 0 amide bonds. The van der Waals surface area contributed by atoms with Crippen LogP contribution in [0, 0.1) is 0 Å². The summed E-state index contributed by atoms with van der Waals surface area (Å²) < 4.78 is 19.6. The fourth-order valence-corrected chi connectivity index (χ4v) is 1.13. The van der Waals surface area contributed by atoms with Gasteiger partial charge in [-0.2, -0.15) is 0 Å². The lowest BCUT2D eigenvalue weighted by molar-refractivity contribution is -0.0299. The summed E-state index contributed by atoms with van der Waals surface area (Å²) in [5.41, 5.74) is 0. The summed E-state index contributed by atoms with van der Waals surface area (Å²) in [5, 5.41) is 8.38. The number of ether oxygens (including phenoxy) is 4. The van der Waals surface area contributed by atoms with Crippen molar-refractivity contribution in [2.45, 2.75) is 18.9 Å². The number of methoxy groups -OCH3 is 2. The molecule has 0 aliphatic carbocycles. The zero-order chi connectivity index (χ0) is 12.2. The first-order chi connectivity index (χ1) is 7.70. The molecule has 1 N–H and O–H groups in total. The van der Waals surface area contributed by atoms with Crippen LogP contribution in [0.25, 0.3) is 0 Å². The monoisotopic (exact) mass is 236 g/mol. The van der Waals surface area contributed by atoms with E-state index in [0.29, 0.717) is 26.2 Å². The van der Waals surface area contributed by atoms with Crippen LogP contribution in [0.15, 0.2) is 0 Å². The summed E-state index contributed by atoms with van der Waals surface area (Å²) in [6.07, 6.45) is -0.0180. The zero-order valence-electron chi connectivity index (χ0n) is 9.81. The van der Waals surface area contributed by atoms with Gasteiger partial charge in [-0.15, -0.1) is 0 Å². The van der Waals surface area contributed by atoms with Crippen molar-refractivity contribution in [1.29, 1.82) is 0 Å². The van der Waals surface area contributed by atoms with Crippen LogP contribution < -0.4 is 0 Å². The summed E-state index contributed by atoms with van der Waals surface area (Å²) in [7, 11) is 3.20. The molecule has 0 fully saturated rings. The molecule has 0 radical (unpaired) electrons. The molecule has 96 valence electrons. The molecule has 0 spiro atoms. The van der Waals surface area contributed by atoms with Crippen LogP contribution in [-0.2, 0) is 18.9 Å². The van der Waals surface area contributed by atoms with Gasteiger partial charge in [-0.1, -0.05) is 0 Å². The fourth-order valence-electron chi connectivity index (χ4n) is 1.13. The van der Waals surface area contributed by atoms with Crippen LogP contribution in [-0.4, -0.2) is 58.0 Å². The van der Waals surface area contributed by atoms with Crippen LogP contribution in [0.1, 0.15) is 12.8 Å². The van der Waals surface area contributed by atoms with Gasteiger partial charge < -0.3 is 24.1 Å². The Morgan fingerprint density at radius 3 is 2.44 bits per heavy atom. The Morgan fingerprint density at radius 2 is 1.88 bits per heavy atom. The molecule has 6 nitrogen and oxygen atoms in total. The highest BCUT2D eigenvalue weighted by Gasteiger charge is 2.11. The summed E-state index contributed by atoms with van der Waals surface area (Å²) >= 11 is 0. The molecule has 1 unspecified atom stereocenters. The second-order valence-corrected chi connectivity index (χ2v) is 3.20. The normalized spacial score (nSPS) is 12.4. The van der Waals surface area contributed by atoms with E-state index in [1.807, 2.05) is 0 Å². The standard InChI is InChI=1S/C10H20O6/c1-13-5-3-4-9(8-16-10(11)12)15-7-6-14-2/h9H,3-8H2,1-2H3,(H,11,12). The first-order valence-corrected chi connectivity index (χ1v) is 5.16. The van der Waals surface area contributed by atoms with E-state index in [4.69, 9.17) is 19.3 Å². The minimum absolute atomic E-state index is 0.0444. The molecule has 0 bridgehead atoms. The molecular formula is C10H20O6. The number of hydrogen-bond donors (Lipinski definition) is 1. The summed E-state index contributed by atoms with van der Waals surface area (Å²) in [5.74, 6) is 0. The Kier molecular flexibility index (Phi) is 10.1. The average molecular weight is 236 g/mol. The predicted octanol–water partition coefficient (Wildman–Crippen LogP) is 1.14. The van der Waals surface area contributed by atoms with Crippen LogP contribution in [0.4, 0.5) is 4.79 Å². The van der Waals surface area contributed by atoms with Gasteiger partial charge >= 0.3 is 6.16 Å². The number of carboxylic acid groups (broad SMARTS) is 1. The number of carbonyl (C=O) groups is 1. The number of hydrogen-bond acceptors (Lipinski definition) is 5. The molecule has 0 aromatic rings. The molecule has 16 heavy (non-hydrogen) atoms. The minimum atomic E-state index is -1.29. The van der Waals surface area contributed by atoms with E-state index in [2.05, 4.69) is 4.74 Å². The van der Waals surface area contributed by atoms with Gasteiger partial charge in [0.15, 0.2) is 0 Å². The first kappa shape index (κ1) is 15.2. The molecule has 6 heteroatoms. The van der Waals surface area contributed by atoms with E-state index >= 15 is 0 Å². The van der Waals surface area contributed by atoms with Crippen molar-refractivity contribution in [2.24, 2.45) is 0 Å². The topological polar surface area (TPSA) is 74.2 Å². The molecular weight excluding hydrogens is 216 g/mol. The van der Waals surface area contributed by atoms with E-state index in [1.165, 1.54) is 0 Å². The van der Waals surface area contributed by atoms with Crippen molar-refractivity contribution in [3.05, 3.63) is 0 Å². The van der Waals surface area contributed by atoms with Gasteiger partial charge in [0.05, 0.1) is 19.3 Å². The van der Waals surface area contributed by atoms with Crippen molar-refractivity contribution in [3.63, 3.8) is 0 Å². The Morgan fingerprint density at radius 1 is 1.19 bits per heavy atom. The lowest BCUT2D eigenvalue weighted by atomic mass is 10.2. The minimum Gasteiger partial charge on any atom is -0.450 e. The van der Waals surface area contributed by atoms with Crippen molar-refractivity contribution in [2.75, 3.05) is 40.6 Å². The SMILES string of the molecule is COCCCC(COC(=O)O)OCCOC. The molecule has 0 aliphatic rings. The Balaban J connectivity index is 3.71. The summed E-state index contributed by atoms with van der Waals surface area (Å²) in [6.45, 7) is 1.57. The molecule has 0 aliphatic heterocycles. The smallest absolute Gasteiger partial charge is 0.450 e. The van der Waals surface area contributed by atoms with Crippen LogP contribution in [0.5, 0.6) is 0 Å². The van der Waals surface area contributed by atoms with E-state index in [0.717, 1.165) is 6.42 Å². The molecule has 0 saturated heterocycles. The van der Waals surface area contributed by atoms with Gasteiger partial charge in [-0.25, -0.2) is 4.79 Å². The van der Waals surface area contributed by atoms with Crippen LogP contribution in [0.2, 0.25) is 0 Å². The second-order valence-electron chi connectivity index (χ2n) is 3.20. The van der Waals surface area contributed by atoms with Crippen LogP contribution in [0.3, 0.4) is 0 Å². The third-order valence-electron chi connectivity index (χ3n) is 1.91. The molecule has 0 rings (SSSR count). The van der Waals surface area contributed by atoms with E-state index < -0.39 is 6.16 Å². The average Bonchev–Trinajstić information content (AvgIpc) is 2.25. The van der Waals surface area contributed by atoms with Crippen molar-refractivity contribution in [1.82, 2.24) is 0 Å². The quantitative estimate of drug-likeness (QED) is 0.453. The largest absolute Gasteiger partial charge is 0.505 e. The van der Waals surface area contributed by atoms with Crippen molar-refractivity contribution < 1.29 is 28.8 Å². The Bertz CT molecular complexity index is 163. The maximum atomic E-state index is 10.2. The Labute approximate surface area is 95.4 Å². The summed E-state index contributed by atoms with van der Waals surface area (Å²) in [4.78, 5) is 10.2. The lowest BCUT2D eigenvalue weighted by Gasteiger charge is -2.16. The van der Waals surface area contributed by atoms with Gasteiger partial charge in [0, 0.05) is 20.8 Å². The third kappa shape index (κ3) is 9.70. The molecule has 0 aromatic heterocycles.